The molecular weight excluding hydrogens is 214 g/mol. The summed E-state index contributed by atoms with van der Waals surface area (Å²) < 4.78 is 1.80. The molecule has 0 saturated carbocycles. The van der Waals surface area contributed by atoms with Crippen molar-refractivity contribution in [3.63, 3.8) is 0 Å². The molecular formula is C12H11N5. The highest BCUT2D eigenvalue weighted by Crippen LogP contribution is 2.10. The van der Waals surface area contributed by atoms with Crippen molar-refractivity contribution < 1.29 is 0 Å². The van der Waals surface area contributed by atoms with E-state index >= 15 is 0 Å². The van der Waals surface area contributed by atoms with E-state index in [0.717, 1.165) is 12.2 Å². The standard InChI is InChI=1S/C12H11N5/c1-2-4-10(5-3-1)6-16-17-7-11-12(15-9-17)14-8-13-11/h1-5,7-9,16H,6H2. The van der Waals surface area contributed by atoms with Crippen LogP contribution in [0.3, 0.4) is 0 Å². The maximum absolute atomic E-state index is 4.18. The first-order valence-corrected chi connectivity index (χ1v) is 5.34. The Morgan fingerprint density at radius 2 is 1.94 bits per heavy atom. The van der Waals surface area contributed by atoms with Crippen molar-refractivity contribution in [1.82, 2.24) is 19.6 Å². The van der Waals surface area contributed by atoms with Crippen molar-refractivity contribution in [2.75, 3.05) is 5.43 Å². The smallest absolute Gasteiger partial charge is 0.182 e. The van der Waals surface area contributed by atoms with E-state index in [-0.39, 0.29) is 0 Å². The van der Waals surface area contributed by atoms with Crippen molar-refractivity contribution in [3.05, 3.63) is 54.7 Å². The van der Waals surface area contributed by atoms with Gasteiger partial charge in [-0.3, -0.25) is 4.68 Å². The number of nitrogens with one attached hydrogen (secondary N) is 1. The summed E-state index contributed by atoms with van der Waals surface area (Å²) in [5, 5.41) is 0. The molecule has 0 amide bonds. The van der Waals surface area contributed by atoms with Crippen molar-refractivity contribution >= 4 is 0 Å². The van der Waals surface area contributed by atoms with Gasteiger partial charge in [-0.25, -0.2) is 15.0 Å². The van der Waals surface area contributed by atoms with Crippen molar-refractivity contribution in [2.45, 2.75) is 6.54 Å². The van der Waals surface area contributed by atoms with Crippen LogP contribution < -0.4 is 5.43 Å². The molecule has 0 saturated heterocycles. The molecule has 5 heteroatoms. The van der Waals surface area contributed by atoms with Crippen LogP contribution in [0.5, 0.6) is 0 Å². The minimum Gasteiger partial charge on any atom is -0.321 e. The van der Waals surface area contributed by atoms with E-state index in [1.807, 2.05) is 24.4 Å². The Hall–Kier alpha value is -2.43. The van der Waals surface area contributed by atoms with E-state index in [1.165, 1.54) is 11.9 Å². The molecule has 3 rings (SSSR count). The maximum Gasteiger partial charge on any atom is 0.182 e. The molecule has 0 bridgehead atoms. The normalized spacial score (nSPS) is 10.6. The van der Waals surface area contributed by atoms with E-state index in [4.69, 9.17) is 0 Å². The SMILES string of the molecule is c1ccc(CNn2cnc3ncnc-3c2)cc1. The van der Waals surface area contributed by atoms with E-state index < -0.39 is 0 Å². The van der Waals surface area contributed by atoms with Gasteiger partial charge in [0, 0.05) is 0 Å². The minimum absolute atomic E-state index is 0.669. The number of fused-ring (bicyclic) bond motifs is 1. The summed E-state index contributed by atoms with van der Waals surface area (Å²) in [5.41, 5.74) is 5.23. The summed E-state index contributed by atoms with van der Waals surface area (Å²) in [4.78, 5) is 12.3. The molecule has 1 aromatic carbocycles. The van der Waals surface area contributed by atoms with E-state index in [1.54, 1.807) is 11.0 Å². The van der Waals surface area contributed by atoms with Gasteiger partial charge in [0.15, 0.2) is 5.82 Å². The monoisotopic (exact) mass is 225 g/mol. The Morgan fingerprint density at radius 3 is 2.82 bits per heavy atom. The summed E-state index contributed by atoms with van der Waals surface area (Å²) in [7, 11) is 0. The van der Waals surface area contributed by atoms with Crippen LogP contribution in [0.4, 0.5) is 0 Å². The van der Waals surface area contributed by atoms with Crippen LogP contribution in [-0.2, 0) is 6.54 Å². The van der Waals surface area contributed by atoms with Gasteiger partial charge in [0.2, 0.25) is 0 Å². The van der Waals surface area contributed by atoms with E-state index in [0.29, 0.717) is 5.82 Å². The predicted molar refractivity (Wildman–Crippen MR) is 63.9 cm³/mol. The third-order valence-electron chi connectivity index (χ3n) is 2.48. The summed E-state index contributed by atoms with van der Waals surface area (Å²) in [5.74, 6) is 0.669. The average Bonchev–Trinajstić information content (AvgIpc) is 2.85. The number of nitrogens with zero attached hydrogens (tertiary/aromatic N) is 4. The first-order chi connectivity index (χ1) is 8.42. The zero-order chi connectivity index (χ0) is 11.5. The third kappa shape index (κ3) is 2.08. The summed E-state index contributed by atoms with van der Waals surface area (Å²) in [6.45, 7) is 0.743. The van der Waals surface area contributed by atoms with Crippen LogP contribution in [-0.4, -0.2) is 19.6 Å². The van der Waals surface area contributed by atoms with Gasteiger partial charge in [-0.1, -0.05) is 30.3 Å². The highest BCUT2D eigenvalue weighted by Gasteiger charge is 2.06. The minimum atomic E-state index is 0.669. The van der Waals surface area contributed by atoms with Gasteiger partial charge in [-0.15, -0.1) is 0 Å². The zero-order valence-electron chi connectivity index (χ0n) is 9.11. The van der Waals surface area contributed by atoms with Crippen LogP contribution >= 0.6 is 0 Å². The van der Waals surface area contributed by atoms with Gasteiger partial charge in [0.1, 0.15) is 18.3 Å². The molecule has 2 aliphatic heterocycles. The van der Waals surface area contributed by atoms with Gasteiger partial charge >= 0.3 is 0 Å². The molecule has 84 valence electrons. The molecule has 1 aromatic rings. The largest absolute Gasteiger partial charge is 0.321 e. The van der Waals surface area contributed by atoms with Crippen molar-refractivity contribution in [1.29, 1.82) is 0 Å². The highest BCUT2D eigenvalue weighted by molar-refractivity contribution is 5.47. The zero-order valence-corrected chi connectivity index (χ0v) is 9.11. The van der Waals surface area contributed by atoms with Crippen molar-refractivity contribution in [3.8, 4) is 11.5 Å². The Morgan fingerprint density at radius 1 is 1.06 bits per heavy atom. The Labute approximate surface area is 98.5 Å². The third-order valence-corrected chi connectivity index (χ3v) is 2.48. The van der Waals surface area contributed by atoms with Crippen LogP contribution in [0.2, 0.25) is 0 Å². The fourth-order valence-electron chi connectivity index (χ4n) is 1.61. The number of aromatic nitrogens is 4. The fourth-order valence-corrected chi connectivity index (χ4v) is 1.61. The Balaban J connectivity index is 1.75. The van der Waals surface area contributed by atoms with Crippen molar-refractivity contribution in [2.24, 2.45) is 0 Å². The molecule has 0 spiro atoms. The van der Waals surface area contributed by atoms with Gasteiger partial charge in [0.25, 0.3) is 0 Å². The lowest BCUT2D eigenvalue weighted by Gasteiger charge is -2.10. The second-order valence-electron chi connectivity index (χ2n) is 3.68. The molecule has 0 radical (unpaired) electrons. The number of hydrogen-bond donors (Lipinski definition) is 1. The Kier molecular flexibility index (Phi) is 2.42. The molecule has 17 heavy (non-hydrogen) atoms. The molecule has 1 N–H and O–H groups in total. The number of hydrogen-bond acceptors (Lipinski definition) is 4. The molecule has 5 nitrogen and oxygen atoms in total. The second-order valence-corrected chi connectivity index (χ2v) is 3.68. The summed E-state index contributed by atoms with van der Waals surface area (Å²) in [6, 6.07) is 10.2. The summed E-state index contributed by atoms with van der Waals surface area (Å²) in [6.07, 6.45) is 5.08. The fraction of sp³-hybridized carbons (Fsp3) is 0.0833. The number of imidazole rings is 1. The summed E-state index contributed by atoms with van der Waals surface area (Å²) >= 11 is 0. The average molecular weight is 225 g/mol. The van der Waals surface area contributed by atoms with Gasteiger partial charge < -0.3 is 5.43 Å². The van der Waals surface area contributed by atoms with Gasteiger partial charge in [0.05, 0.1) is 12.7 Å². The Bertz CT molecular complexity index is 575. The predicted octanol–water partition coefficient (Wildman–Crippen LogP) is 1.52. The number of rotatable bonds is 3. The molecule has 2 heterocycles. The van der Waals surface area contributed by atoms with Crippen LogP contribution in [0.25, 0.3) is 11.5 Å². The molecule has 0 atom stereocenters. The highest BCUT2D eigenvalue weighted by atomic mass is 15.4. The first kappa shape index (κ1) is 9.77. The lowest BCUT2D eigenvalue weighted by molar-refractivity contribution is 0.805. The van der Waals surface area contributed by atoms with E-state index in [2.05, 4.69) is 32.5 Å². The first-order valence-electron chi connectivity index (χ1n) is 5.34. The molecule has 0 fully saturated rings. The topological polar surface area (TPSA) is 55.6 Å². The molecule has 0 aliphatic carbocycles. The number of benzene rings is 1. The second kappa shape index (κ2) is 4.21. The van der Waals surface area contributed by atoms with Crippen LogP contribution in [0, 0.1) is 0 Å². The lowest BCUT2D eigenvalue weighted by atomic mass is 10.2. The quantitative estimate of drug-likeness (QED) is 0.734. The molecule has 0 unspecified atom stereocenters. The van der Waals surface area contributed by atoms with Crippen LogP contribution in [0.15, 0.2) is 49.2 Å². The van der Waals surface area contributed by atoms with Gasteiger partial charge in [-0.05, 0) is 5.56 Å². The molecule has 0 aromatic heterocycles. The van der Waals surface area contributed by atoms with E-state index in [9.17, 15) is 0 Å². The lowest BCUT2D eigenvalue weighted by Crippen LogP contribution is -2.15. The van der Waals surface area contributed by atoms with Gasteiger partial charge in [-0.2, -0.15) is 0 Å². The van der Waals surface area contributed by atoms with Crippen LogP contribution in [0.1, 0.15) is 5.56 Å². The molecule has 2 aliphatic rings. The maximum atomic E-state index is 4.18.